The van der Waals surface area contributed by atoms with E-state index in [-0.39, 0.29) is 32.9 Å². The summed E-state index contributed by atoms with van der Waals surface area (Å²) in [5.41, 5.74) is 0.358. The molecule has 1 fully saturated rings. The number of fused-ring (bicyclic) bond motifs is 1. The van der Waals surface area contributed by atoms with E-state index in [9.17, 15) is 10.0 Å². The van der Waals surface area contributed by atoms with Crippen molar-refractivity contribution in [3.05, 3.63) is 45.8 Å². The van der Waals surface area contributed by atoms with E-state index in [1.54, 1.807) is 6.07 Å². The van der Waals surface area contributed by atoms with Gasteiger partial charge in [-0.2, -0.15) is 9.72 Å². The lowest BCUT2D eigenvalue weighted by atomic mass is 10.1. The number of rotatable bonds is 3. The van der Waals surface area contributed by atoms with Crippen molar-refractivity contribution >= 4 is 40.3 Å². The lowest BCUT2D eigenvalue weighted by Gasteiger charge is -2.05. The maximum Gasteiger partial charge on any atom is 0.439 e. The van der Waals surface area contributed by atoms with Crippen LogP contribution >= 0.6 is 23.2 Å². The van der Waals surface area contributed by atoms with Gasteiger partial charge in [0.15, 0.2) is 11.3 Å². The molecule has 1 N–H and O–H groups in total. The Morgan fingerprint density at radius 1 is 1.38 bits per heavy atom. The molecule has 0 spiro atoms. The topological polar surface area (TPSA) is 108 Å². The Morgan fingerprint density at radius 3 is 2.79 bits per heavy atom. The summed E-state index contributed by atoms with van der Waals surface area (Å²) < 4.78 is 22.6. The zero-order valence-electron chi connectivity index (χ0n) is 15.1. The lowest BCUT2D eigenvalue weighted by Crippen LogP contribution is -2.14. The molecule has 0 aliphatic carbocycles. The molecule has 0 bridgehead atoms. The molecule has 152 valence electrons. The molecule has 1 saturated heterocycles. The highest BCUT2D eigenvalue weighted by molar-refractivity contribution is 6.34. The van der Waals surface area contributed by atoms with Gasteiger partial charge in [0, 0.05) is 12.5 Å². The van der Waals surface area contributed by atoms with Gasteiger partial charge in [0.1, 0.15) is 11.1 Å². The third kappa shape index (κ3) is 3.89. The number of ether oxygens (including phenoxy) is 3. The van der Waals surface area contributed by atoms with Gasteiger partial charge < -0.3 is 23.8 Å². The van der Waals surface area contributed by atoms with Crippen LogP contribution in [0.5, 0.6) is 11.6 Å². The summed E-state index contributed by atoms with van der Waals surface area (Å²) in [6.45, 7) is 1.21. The Bertz CT molecular complexity index is 1120. The second-order valence-corrected chi connectivity index (χ2v) is 7.06. The Morgan fingerprint density at radius 2 is 2.14 bits per heavy atom. The van der Waals surface area contributed by atoms with Gasteiger partial charge in [-0.3, -0.25) is 0 Å². The van der Waals surface area contributed by atoms with Crippen LogP contribution in [-0.4, -0.2) is 41.3 Å². The molecule has 3 aromatic rings. The number of halogens is 2. The second kappa shape index (κ2) is 7.94. The quantitative estimate of drug-likeness (QED) is 0.618. The molecule has 0 saturated carbocycles. The van der Waals surface area contributed by atoms with Crippen molar-refractivity contribution in [1.29, 1.82) is 0 Å². The van der Waals surface area contributed by atoms with Gasteiger partial charge in [-0.1, -0.05) is 23.2 Å². The van der Waals surface area contributed by atoms with Crippen LogP contribution in [0.15, 0.2) is 34.1 Å². The summed E-state index contributed by atoms with van der Waals surface area (Å²) in [4.78, 5) is 20.2. The highest BCUT2D eigenvalue weighted by Crippen LogP contribution is 2.38. The second-order valence-electron chi connectivity index (χ2n) is 6.25. The molecule has 29 heavy (non-hydrogen) atoms. The summed E-state index contributed by atoms with van der Waals surface area (Å²) in [6, 6.07) is 1.78. The first kappa shape index (κ1) is 19.6. The smallest absolute Gasteiger partial charge is 0.439 e. The minimum absolute atomic E-state index is 0.0261. The van der Waals surface area contributed by atoms with Crippen molar-refractivity contribution in [2.75, 3.05) is 20.3 Å². The number of furan rings is 1. The van der Waals surface area contributed by atoms with Gasteiger partial charge >= 0.3 is 6.09 Å². The largest absolute Gasteiger partial charge is 0.478 e. The molecule has 4 rings (SSSR count). The first-order chi connectivity index (χ1) is 14.0. The number of carbonyl (C=O) groups excluding carboxylic acids is 1. The van der Waals surface area contributed by atoms with Gasteiger partial charge in [-0.05, 0) is 12.5 Å². The van der Waals surface area contributed by atoms with Crippen molar-refractivity contribution < 1.29 is 28.6 Å². The Kier molecular flexibility index (Phi) is 5.35. The van der Waals surface area contributed by atoms with Crippen LogP contribution < -0.4 is 14.8 Å². The highest BCUT2D eigenvalue weighted by Gasteiger charge is 2.25. The Balaban J connectivity index is 1.71. The van der Waals surface area contributed by atoms with E-state index in [1.807, 2.05) is 0 Å². The molecule has 1 amide bonds. The van der Waals surface area contributed by atoms with Gasteiger partial charge in [-0.15, -0.1) is 0 Å². The molecule has 1 unspecified atom stereocenters. The average molecular weight is 440 g/mol. The van der Waals surface area contributed by atoms with Crippen LogP contribution in [-0.2, 0) is 4.74 Å². The van der Waals surface area contributed by atoms with Crippen LogP contribution in [0.3, 0.4) is 0 Å². The summed E-state index contributed by atoms with van der Waals surface area (Å²) in [7, 11) is 1.47. The fourth-order valence-electron chi connectivity index (χ4n) is 3.01. The molecule has 0 radical (unpaired) electrons. The minimum atomic E-state index is -0.968. The number of hydrogen-bond acceptors (Lipinski definition) is 7. The number of nitrogens with zero attached hydrogens (tertiary/aromatic N) is 3. The van der Waals surface area contributed by atoms with E-state index in [0.717, 1.165) is 18.8 Å². The van der Waals surface area contributed by atoms with E-state index >= 15 is 0 Å². The van der Waals surface area contributed by atoms with Gasteiger partial charge in [-0.25, -0.2) is 9.78 Å². The van der Waals surface area contributed by atoms with Crippen LogP contribution in [0, 0.1) is 0 Å². The molecule has 9 nitrogen and oxygen atoms in total. The Hall–Kier alpha value is -2.75. The molecule has 3 aromatic heterocycles. The van der Waals surface area contributed by atoms with E-state index in [4.69, 9.17) is 41.8 Å². The van der Waals surface area contributed by atoms with Crippen LogP contribution in [0.2, 0.25) is 10.0 Å². The minimum Gasteiger partial charge on any atom is -0.478 e. The van der Waals surface area contributed by atoms with Crippen molar-refractivity contribution in [2.45, 2.75) is 12.3 Å². The first-order valence-corrected chi connectivity index (χ1v) is 9.29. The van der Waals surface area contributed by atoms with Crippen LogP contribution in [0.4, 0.5) is 4.79 Å². The average Bonchev–Trinajstić information content (AvgIpc) is 3.34. The summed E-state index contributed by atoms with van der Waals surface area (Å²) in [5.74, 6) is 1.21. The molecule has 4 heterocycles. The molecule has 1 atom stereocenters. The predicted octanol–water partition coefficient (Wildman–Crippen LogP) is 3.79. The van der Waals surface area contributed by atoms with Crippen LogP contribution in [0.25, 0.3) is 11.0 Å². The third-order valence-corrected chi connectivity index (χ3v) is 4.93. The summed E-state index contributed by atoms with van der Waals surface area (Å²) in [6.07, 6.45) is 3.48. The summed E-state index contributed by atoms with van der Waals surface area (Å²) >= 11 is 11.9. The first-order valence-electron chi connectivity index (χ1n) is 8.53. The van der Waals surface area contributed by atoms with E-state index < -0.39 is 6.09 Å². The van der Waals surface area contributed by atoms with Crippen molar-refractivity contribution in [3.8, 4) is 11.6 Å². The molecule has 11 heteroatoms. The fourth-order valence-corrected chi connectivity index (χ4v) is 3.54. The van der Waals surface area contributed by atoms with E-state index in [2.05, 4.69) is 9.98 Å². The number of methoxy groups -OCH3 is 1. The van der Waals surface area contributed by atoms with Crippen LogP contribution in [0.1, 0.15) is 18.1 Å². The zero-order chi connectivity index (χ0) is 20.5. The number of amides is 1. The maximum absolute atomic E-state index is 12.3. The van der Waals surface area contributed by atoms with Crippen molar-refractivity contribution in [2.24, 2.45) is 4.99 Å². The van der Waals surface area contributed by atoms with Gasteiger partial charge in [0.05, 0.1) is 47.7 Å². The van der Waals surface area contributed by atoms with E-state index in [1.165, 1.54) is 13.3 Å². The maximum atomic E-state index is 12.3. The zero-order valence-corrected chi connectivity index (χ0v) is 16.6. The monoisotopic (exact) mass is 439 g/mol. The van der Waals surface area contributed by atoms with E-state index in [0.29, 0.717) is 34.7 Å². The SMILES string of the molecule is COc1ncc(OC(=O)N=c2c(Cl)cn(O)cc2Cl)c2cc(C3CCOC3)oc12. The molecule has 1 aliphatic rings. The number of hydrogen-bond donors (Lipinski definition) is 1. The number of pyridine rings is 2. The number of carbonyl (C=O) groups is 1. The predicted molar refractivity (Wildman–Crippen MR) is 102 cm³/mol. The number of aromatic nitrogens is 2. The molecule has 1 aliphatic heterocycles. The van der Waals surface area contributed by atoms with Crippen molar-refractivity contribution in [1.82, 2.24) is 9.71 Å². The normalized spacial score (nSPS) is 16.2. The van der Waals surface area contributed by atoms with Gasteiger partial charge in [0.25, 0.3) is 5.88 Å². The molecule has 0 aromatic carbocycles. The molecular formula is C18H15Cl2N3O6. The van der Waals surface area contributed by atoms with Gasteiger partial charge in [0.2, 0.25) is 0 Å². The summed E-state index contributed by atoms with van der Waals surface area (Å²) in [5, 5.41) is 9.83. The molecular weight excluding hydrogens is 425 g/mol. The standard InChI is InChI=1S/C18H15Cl2N3O6/c1-26-17-16-10(4-13(28-16)9-2-3-27-8-9)14(5-21-17)29-18(24)22-15-11(19)6-23(25)7-12(15)20/h4-7,9,25H,2-3,8H2,1H3. The Labute approximate surface area is 174 Å². The fraction of sp³-hybridized carbons (Fsp3) is 0.278. The highest BCUT2D eigenvalue weighted by atomic mass is 35.5. The third-order valence-electron chi connectivity index (χ3n) is 4.38. The van der Waals surface area contributed by atoms with Crippen molar-refractivity contribution in [3.63, 3.8) is 0 Å². The lowest BCUT2D eigenvalue weighted by molar-refractivity contribution is 0.184.